The molecule has 1 unspecified atom stereocenters. The van der Waals surface area contributed by atoms with Gasteiger partial charge in [0.25, 0.3) is 11.8 Å². The molecule has 33 heavy (non-hydrogen) atoms. The normalized spacial score (nSPS) is 14.8. The Morgan fingerprint density at radius 3 is 2.61 bits per heavy atom. The highest BCUT2D eigenvalue weighted by Crippen LogP contribution is 2.31. The summed E-state index contributed by atoms with van der Waals surface area (Å²) in [6.45, 7) is 1.98. The van der Waals surface area contributed by atoms with Crippen LogP contribution in [0.1, 0.15) is 72.0 Å². The van der Waals surface area contributed by atoms with Gasteiger partial charge in [0.2, 0.25) is 5.91 Å². The lowest BCUT2D eigenvalue weighted by Gasteiger charge is -2.32. The lowest BCUT2D eigenvalue weighted by molar-refractivity contribution is -0.123. The van der Waals surface area contributed by atoms with Gasteiger partial charge in [0.1, 0.15) is 16.7 Å². The van der Waals surface area contributed by atoms with Gasteiger partial charge in [-0.1, -0.05) is 44.2 Å². The molecule has 0 aliphatic heterocycles. The Kier molecular flexibility index (Phi) is 8.25. The minimum atomic E-state index is -0.891. The smallest absolute Gasteiger partial charge is 0.272 e. The number of hydrogen-bond donors (Lipinski definition) is 3. The van der Waals surface area contributed by atoms with Crippen molar-refractivity contribution in [2.75, 3.05) is 10.6 Å². The van der Waals surface area contributed by atoms with Gasteiger partial charge in [-0.3, -0.25) is 19.3 Å². The standard InChI is InChI=1S/C22H27ClFN5O3S/c1-2-3-8-16(21(31)27-12-6-4-5-7-12)29(13-9-10-15(24)14(23)11-13)22(32)19-17(25)18(20(26)30)28-33-19/h9-12,16H,2-8,25H2,1H3,(H2,26,30)(H,27,31). The van der Waals surface area contributed by atoms with Crippen LogP contribution < -0.4 is 21.7 Å². The second-order valence-corrected chi connectivity index (χ2v) is 9.24. The first-order valence-electron chi connectivity index (χ1n) is 10.9. The molecule has 8 nitrogen and oxygen atoms in total. The quantitative estimate of drug-likeness (QED) is 0.485. The highest BCUT2D eigenvalue weighted by atomic mass is 35.5. The van der Waals surface area contributed by atoms with Gasteiger partial charge in [-0.15, -0.1) is 0 Å². The number of anilines is 2. The largest absolute Gasteiger partial charge is 0.395 e. The minimum absolute atomic E-state index is 0.0283. The number of nitrogens with zero attached hydrogens (tertiary/aromatic N) is 2. The van der Waals surface area contributed by atoms with E-state index in [1.165, 1.54) is 17.0 Å². The number of carbonyl (C=O) groups is 3. The van der Waals surface area contributed by atoms with E-state index in [2.05, 4.69) is 9.69 Å². The van der Waals surface area contributed by atoms with Crippen molar-refractivity contribution >= 4 is 52.2 Å². The third-order valence-electron chi connectivity index (χ3n) is 5.70. The van der Waals surface area contributed by atoms with E-state index in [0.717, 1.165) is 49.7 Å². The predicted octanol–water partition coefficient (Wildman–Crippen LogP) is 3.88. The molecule has 0 spiro atoms. The van der Waals surface area contributed by atoms with Crippen molar-refractivity contribution in [2.24, 2.45) is 5.73 Å². The third kappa shape index (κ3) is 5.62. The summed E-state index contributed by atoms with van der Waals surface area (Å²) in [5, 5.41) is 2.86. The fourth-order valence-corrected chi connectivity index (χ4v) is 4.87. The summed E-state index contributed by atoms with van der Waals surface area (Å²) in [4.78, 5) is 39.9. The van der Waals surface area contributed by atoms with Crippen molar-refractivity contribution in [3.63, 3.8) is 0 Å². The van der Waals surface area contributed by atoms with Crippen LogP contribution in [0.25, 0.3) is 0 Å². The molecule has 1 saturated carbocycles. The van der Waals surface area contributed by atoms with E-state index in [1.54, 1.807) is 0 Å². The summed E-state index contributed by atoms with van der Waals surface area (Å²) < 4.78 is 17.8. The van der Waals surface area contributed by atoms with Gasteiger partial charge in [-0.05, 0) is 49.0 Å². The second-order valence-electron chi connectivity index (χ2n) is 8.06. The molecule has 1 heterocycles. The van der Waals surface area contributed by atoms with Gasteiger partial charge >= 0.3 is 0 Å². The average molecular weight is 496 g/mol. The van der Waals surface area contributed by atoms with Crippen LogP contribution in [0.3, 0.4) is 0 Å². The molecule has 1 aliphatic carbocycles. The number of aromatic nitrogens is 1. The summed E-state index contributed by atoms with van der Waals surface area (Å²) in [5.41, 5.74) is 11.2. The Morgan fingerprint density at radius 2 is 2.03 bits per heavy atom. The fourth-order valence-electron chi connectivity index (χ4n) is 3.95. The first-order chi connectivity index (χ1) is 15.7. The molecule has 11 heteroatoms. The van der Waals surface area contributed by atoms with Crippen LogP contribution in [0.15, 0.2) is 18.2 Å². The van der Waals surface area contributed by atoms with Crippen molar-refractivity contribution in [3.05, 3.63) is 39.6 Å². The Bertz CT molecular complexity index is 1040. The van der Waals surface area contributed by atoms with Crippen LogP contribution in [-0.2, 0) is 4.79 Å². The van der Waals surface area contributed by atoms with Crippen molar-refractivity contribution in [1.29, 1.82) is 0 Å². The zero-order valence-corrected chi connectivity index (χ0v) is 19.8. The molecule has 1 atom stereocenters. The first kappa shape index (κ1) is 24.9. The molecule has 3 rings (SSSR count). The minimum Gasteiger partial charge on any atom is -0.395 e. The van der Waals surface area contributed by atoms with Gasteiger partial charge in [0, 0.05) is 11.7 Å². The van der Waals surface area contributed by atoms with Gasteiger partial charge in [-0.2, -0.15) is 4.37 Å². The van der Waals surface area contributed by atoms with Gasteiger partial charge in [0.05, 0.1) is 10.7 Å². The molecular formula is C22H27ClFN5O3S. The topological polar surface area (TPSA) is 131 Å². The summed E-state index contributed by atoms with van der Waals surface area (Å²) >= 11 is 6.73. The van der Waals surface area contributed by atoms with Crippen LogP contribution in [0.4, 0.5) is 15.8 Å². The maximum Gasteiger partial charge on any atom is 0.272 e. The second kappa shape index (κ2) is 10.9. The molecule has 0 saturated heterocycles. The Labute approximate surface area is 200 Å². The number of benzene rings is 1. The van der Waals surface area contributed by atoms with E-state index in [-0.39, 0.29) is 38.9 Å². The Hall–Kier alpha value is -2.72. The van der Waals surface area contributed by atoms with E-state index in [9.17, 15) is 18.8 Å². The fraction of sp³-hybridized carbons (Fsp3) is 0.455. The number of carbonyl (C=O) groups excluding carboxylic acids is 3. The van der Waals surface area contributed by atoms with Crippen LogP contribution in [0, 0.1) is 5.82 Å². The number of halogens is 2. The van der Waals surface area contributed by atoms with Crippen LogP contribution >= 0.6 is 23.1 Å². The molecule has 2 aromatic rings. The van der Waals surface area contributed by atoms with E-state index in [4.69, 9.17) is 23.1 Å². The summed E-state index contributed by atoms with van der Waals surface area (Å²) in [6.07, 6.45) is 5.68. The van der Waals surface area contributed by atoms with Crippen molar-refractivity contribution in [1.82, 2.24) is 9.69 Å². The number of primary amides is 1. The van der Waals surface area contributed by atoms with Crippen LogP contribution in [0.2, 0.25) is 5.02 Å². The number of nitrogens with two attached hydrogens (primary N) is 2. The zero-order valence-electron chi connectivity index (χ0n) is 18.3. The van der Waals surface area contributed by atoms with Crippen molar-refractivity contribution < 1.29 is 18.8 Å². The number of nitrogen functional groups attached to an aromatic ring is 1. The Morgan fingerprint density at radius 1 is 1.33 bits per heavy atom. The number of amides is 3. The molecule has 5 N–H and O–H groups in total. The number of hydrogen-bond acceptors (Lipinski definition) is 6. The van der Waals surface area contributed by atoms with Crippen LogP contribution in [-0.4, -0.2) is 34.2 Å². The van der Waals surface area contributed by atoms with Gasteiger partial charge in [0.15, 0.2) is 5.69 Å². The molecule has 1 aromatic carbocycles. The maximum atomic E-state index is 13.9. The molecule has 0 bridgehead atoms. The van der Waals surface area contributed by atoms with E-state index < -0.39 is 23.7 Å². The zero-order chi connectivity index (χ0) is 24.1. The highest BCUT2D eigenvalue weighted by molar-refractivity contribution is 7.09. The molecule has 1 aliphatic rings. The van der Waals surface area contributed by atoms with Gasteiger partial charge in [-0.25, -0.2) is 4.39 Å². The number of nitrogens with one attached hydrogen (secondary N) is 1. The SMILES string of the molecule is CCCCC(C(=O)NC1CCCC1)N(C(=O)c1snc(C(N)=O)c1N)c1ccc(F)c(Cl)c1. The molecule has 3 amide bonds. The van der Waals surface area contributed by atoms with E-state index >= 15 is 0 Å². The Balaban J connectivity index is 2.06. The van der Waals surface area contributed by atoms with Crippen molar-refractivity contribution in [3.8, 4) is 0 Å². The summed E-state index contributed by atoms with van der Waals surface area (Å²) in [5.74, 6) is -2.45. The van der Waals surface area contributed by atoms with Gasteiger partial charge < -0.3 is 16.8 Å². The van der Waals surface area contributed by atoms with Crippen LogP contribution in [0.5, 0.6) is 0 Å². The first-order valence-corrected chi connectivity index (χ1v) is 12.0. The van der Waals surface area contributed by atoms with E-state index in [1.807, 2.05) is 6.92 Å². The monoisotopic (exact) mass is 495 g/mol. The molecule has 178 valence electrons. The molecular weight excluding hydrogens is 469 g/mol. The lowest BCUT2D eigenvalue weighted by atomic mass is 10.0. The highest BCUT2D eigenvalue weighted by Gasteiger charge is 2.35. The lowest BCUT2D eigenvalue weighted by Crippen LogP contribution is -2.52. The number of unbranched alkanes of at least 4 members (excludes halogenated alkanes) is 1. The summed E-state index contributed by atoms with van der Waals surface area (Å²) in [7, 11) is 0. The third-order valence-corrected chi connectivity index (χ3v) is 6.84. The molecule has 1 aromatic heterocycles. The van der Waals surface area contributed by atoms with Crippen molar-refractivity contribution in [2.45, 2.75) is 64.0 Å². The predicted molar refractivity (Wildman–Crippen MR) is 127 cm³/mol. The number of rotatable bonds is 9. The summed E-state index contributed by atoms with van der Waals surface area (Å²) in [6, 6.07) is 2.97. The van der Waals surface area contributed by atoms with E-state index in [0.29, 0.717) is 12.8 Å². The maximum absolute atomic E-state index is 13.9. The molecule has 1 fully saturated rings. The molecule has 0 radical (unpaired) electrons. The average Bonchev–Trinajstić information content (AvgIpc) is 3.42.